The SMILES string of the molecule is Cl.Cl.Oc1ccc(Br)cc1[C@@H](CC(F)(F)F)N1CCNCC1. The van der Waals surface area contributed by atoms with E-state index in [1.54, 1.807) is 17.0 Å². The first-order valence-electron chi connectivity index (χ1n) is 6.37. The summed E-state index contributed by atoms with van der Waals surface area (Å²) >= 11 is 3.25. The first-order valence-corrected chi connectivity index (χ1v) is 7.16. The maximum absolute atomic E-state index is 12.8. The Balaban J connectivity index is 0.00000220. The number of phenols is 1. The molecule has 0 amide bonds. The standard InChI is InChI=1S/C13H16BrF3N2O.2ClH/c14-9-1-2-12(20)10(7-9)11(8-13(15,16)17)19-5-3-18-4-6-19;;/h1-2,7,11,18,20H,3-6,8H2;2*1H/t11-;;/m1../s1. The molecule has 0 saturated carbocycles. The number of alkyl halides is 3. The summed E-state index contributed by atoms with van der Waals surface area (Å²) in [5, 5.41) is 13.0. The van der Waals surface area contributed by atoms with E-state index >= 15 is 0 Å². The largest absolute Gasteiger partial charge is 0.508 e. The molecule has 1 saturated heterocycles. The van der Waals surface area contributed by atoms with Crippen molar-refractivity contribution in [1.29, 1.82) is 0 Å². The van der Waals surface area contributed by atoms with Crippen LogP contribution in [0, 0.1) is 0 Å². The van der Waals surface area contributed by atoms with Gasteiger partial charge in [-0.05, 0) is 18.2 Å². The molecule has 1 aliphatic heterocycles. The molecule has 0 aromatic heterocycles. The molecule has 1 heterocycles. The van der Waals surface area contributed by atoms with Crippen LogP contribution in [0.5, 0.6) is 5.75 Å². The normalized spacial score (nSPS) is 17.3. The van der Waals surface area contributed by atoms with Gasteiger partial charge in [0.25, 0.3) is 0 Å². The van der Waals surface area contributed by atoms with Gasteiger partial charge in [-0.3, -0.25) is 4.90 Å². The number of piperazine rings is 1. The van der Waals surface area contributed by atoms with Gasteiger partial charge in [0.1, 0.15) is 5.75 Å². The van der Waals surface area contributed by atoms with E-state index in [0.717, 1.165) is 0 Å². The Kier molecular flexibility index (Phi) is 9.09. The molecule has 2 N–H and O–H groups in total. The fraction of sp³-hybridized carbons (Fsp3) is 0.538. The molecule has 0 bridgehead atoms. The van der Waals surface area contributed by atoms with Crippen LogP contribution in [0.1, 0.15) is 18.0 Å². The van der Waals surface area contributed by atoms with Crippen LogP contribution in [0.3, 0.4) is 0 Å². The second-order valence-electron chi connectivity index (χ2n) is 4.82. The Hall–Kier alpha value is -0.210. The molecule has 1 fully saturated rings. The van der Waals surface area contributed by atoms with E-state index in [2.05, 4.69) is 21.2 Å². The number of nitrogens with zero attached hydrogens (tertiary/aromatic N) is 1. The van der Waals surface area contributed by atoms with Gasteiger partial charge in [0, 0.05) is 42.3 Å². The van der Waals surface area contributed by atoms with Crippen molar-refractivity contribution in [2.45, 2.75) is 18.6 Å². The lowest BCUT2D eigenvalue weighted by molar-refractivity contribution is -0.148. The van der Waals surface area contributed by atoms with Gasteiger partial charge >= 0.3 is 6.18 Å². The molecule has 3 nitrogen and oxygen atoms in total. The third-order valence-electron chi connectivity index (χ3n) is 3.37. The van der Waals surface area contributed by atoms with Gasteiger partial charge in [0.05, 0.1) is 6.42 Å². The van der Waals surface area contributed by atoms with E-state index in [9.17, 15) is 18.3 Å². The highest BCUT2D eigenvalue weighted by Crippen LogP contribution is 2.38. The fourth-order valence-corrected chi connectivity index (χ4v) is 2.82. The molecule has 2 rings (SSSR count). The van der Waals surface area contributed by atoms with Crippen LogP contribution in [-0.2, 0) is 0 Å². The zero-order chi connectivity index (χ0) is 14.8. The molecular weight excluding hydrogens is 408 g/mol. The van der Waals surface area contributed by atoms with E-state index in [-0.39, 0.29) is 30.6 Å². The Morgan fingerprint density at radius 3 is 2.36 bits per heavy atom. The Morgan fingerprint density at radius 1 is 1.23 bits per heavy atom. The zero-order valence-electron chi connectivity index (χ0n) is 11.6. The van der Waals surface area contributed by atoms with Gasteiger partial charge in [-0.1, -0.05) is 15.9 Å². The Morgan fingerprint density at radius 2 is 1.82 bits per heavy atom. The lowest BCUT2D eigenvalue weighted by atomic mass is 10.00. The van der Waals surface area contributed by atoms with Gasteiger partial charge in [-0.15, -0.1) is 24.8 Å². The summed E-state index contributed by atoms with van der Waals surface area (Å²) in [7, 11) is 0. The van der Waals surface area contributed by atoms with Crippen molar-refractivity contribution in [2.24, 2.45) is 0 Å². The van der Waals surface area contributed by atoms with Crippen LogP contribution in [0.4, 0.5) is 13.2 Å². The number of aromatic hydroxyl groups is 1. The lowest BCUT2D eigenvalue weighted by Crippen LogP contribution is -2.46. The van der Waals surface area contributed by atoms with Crippen LogP contribution in [0.25, 0.3) is 0 Å². The first kappa shape index (κ1) is 21.8. The number of hydrogen-bond donors (Lipinski definition) is 2. The molecule has 1 aromatic rings. The van der Waals surface area contributed by atoms with Gasteiger partial charge in [-0.25, -0.2) is 0 Å². The number of benzene rings is 1. The minimum absolute atomic E-state index is 0. The van der Waals surface area contributed by atoms with Crippen LogP contribution >= 0.6 is 40.7 Å². The van der Waals surface area contributed by atoms with E-state index in [0.29, 0.717) is 36.2 Å². The zero-order valence-corrected chi connectivity index (χ0v) is 14.8. The van der Waals surface area contributed by atoms with Crippen molar-refractivity contribution in [2.75, 3.05) is 26.2 Å². The van der Waals surface area contributed by atoms with Crippen molar-refractivity contribution in [1.82, 2.24) is 10.2 Å². The second kappa shape index (κ2) is 9.17. The number of hydrogen-bond acceptors (Lipinski definition) is 3. The molecule has 0 aliphatic carbocycles. The molecule has 128 valence electrons. The van der Waals surface area contributed by atoms with Crippen LogP contribution < -0.4 is 5.32 Å². The summed E-state index contributed by atoms with van der Waals surface area (Å²) in [6, 6.07) is 3.75. The minimum atomic E-state index is -4.27. The van der Waals surface area contributed by atoms with Crippen molar-refractivity contribution in [3.63, 3.8) is 0 Å². The highest BCUT2D eigenvalue weighted by atomic mass is 79.9. The van der Waals surface area contributed by atoms with Gasteiger partial charge in [0.2, 0.25) is 0 Å². The summed E-state index contributed by atoms with van der Waals surface area (Å²) in [4.78, 5) is 1.77. The highest BCUT2D eigenvalue weighted by Gasteiger charge is 2.37. The quantitative estimate of drug-likeness (QED) is 0.770. The van der Waals surface area contributed by atoms with Crippen LogP contribution in [-0.4, -0.2) is 42.4 Å². The lowest BCUT2D eigenvalue weighted by Gasteiger charge is -2.36. The molecule has 22 heavy (non-hydrogen) atoms. The molecule has 0 unspecified atom stereocenters. The predicted molar refractivity (Wildman–Crippen MR) is 88.2 cm³/mol. The number of halogens is 6. The summed E-state index contributed by atoms with van der Waals surface area (Å²) < 4.78 is 39.2. The van der Waals surface area contributed by atoms with Gasteiger partial charge < -0.3 is 10.4 Å². The minimum Gasteiger partial charge on any atom is -0.508 e. The molecule has 1 aromatic carbocycles. The molecule has 9 heteroatoms. The topological polar surface area (TPSA) is 35.5 Å². The van der Waals surface area contributed by atoms with E-state index in [4.69, 9.17) is 0 Å². The highest BCUT2D eigenvalue weighted by molar-refractivity contribution is 9.10. The van der Waals surface area contributed by atoms with Gasteiger partial charge in [-0.2, -0.15) is 13.2 Å². The van der Waals surface area contributed by atoms with Crippen molar-refractivity contribution >= 4 is 40.7 Å². The number of nitrogens with one attached hydrogen (secondary N) is 1. The van der Waals surface area contributed by atoms with E-state index in [1.165, 1.54) is 6.07 Å². The maximum Gasteiger partial charge on any atom is 0.390 e. The average molecular weight is 426 g/mol. The van der Waals surface area contributed by atoms with Crippen molar-refractivity contribution < 1.29 is 18.3 Å². The molecular formula is C13H18BrCl2F3N2O. The van der Waals surface area contributed by atoms with Crippen LogP contribution in [0.2, 0.25) is 0 Å². The summed E-state index contributed by atoms with van der Waals surface area (Å²) in [6.07, 6.45) is -5.23. The van der Waals surface area contributed by atoms with E-state index < -0.39 is 18.6 Å². The fourth-order valence-electron chi connectivity index (χ4n) is 2.44. The molecule has 0 radical (unpaired) electrons. The summed E-state index contributed by atoms with van der Waals surface area (Å²) in [5.41, 5.74) is 0.318. The average Bonchev–Trinajstić information content (AvgIpc) is 2.39. The number of phenolic OH excluding ortho intramolecular Hbond substituents is 1. The van der Waals surface area contributed by atoms with Gasteiger partial charge in [0.15, 0.2) is 0 Å². The Bertz CT molecular complexity index is 471. The molecule has 0 spiro atoms. The van der Waals surface area contributed by atoms with E-state index in [1.807, 2.05) is 0 Å². The number of rotatable bonds is 3. The maximum atomic E-state index is 12.8. The van der Waals surface area contributed by atoms with Crippen molar-refractivity contribution in [3.05, 3.63) is 28.2 Å². The summed E-state index contributed by atoms with van der Waals surface area (Å²) in [5.74, 6) is -0.0963. The Labute approximate surface area is 148 Å². The molecule has 1 aliphatic rings. The third kappa shape index (κ3) is 6.12. The van der Waals surface area contributed by atoms with Crippen LogP contribution in [0.15, 0.2) is 22.7 Å². The first-order chi connectivity index (χ1) is 9.37. The monoisotopic (exact) mass is 424 g/mol. The van der Waals surface area contributed by atoms with Crippen molar-refractivity contribution in [3.8, 4) is 5.75 Å². The smallest absolute Gasteiger partial charge is 0.390 e. The third-order valence-corrected chi connectivity index (χ3v) is 3.86. The summed E-state index contributed by atoms with van der Waals surface area (Å²) in [6.45, 7) is 2.38. The second-order valence-corrected chi connectivity index (χ2v) is 5.74. The molecule has 1 atom stereocenters. The predicted octanol–water partition coefficient (Wildman–Crippen LogP) is 3.90.